The summed E-state index contributed by atoms with van der Waals surface area (Å²) in [5.41, 5.74) is 2.30. The Bertz CT molecular complexity index is 1050. The van der Waals surface area contributed by atoms with Gasteiger partial charge in [0.25, 0.3) is 5.91 Å². The topological polar surface area (TPSA) is 116 Å². The van der Waals surface area contributed by atoms with Crippen molar-refractivity contribution >= 4 is 17.5 Å². The summed E-state index contributed by atoms with van der Waals surface area (Å²) in [6.07, 6.45) is 4.29. The van der Waals surface area contributed by atoms with Crippen LogP contribution >= 0.6 is 0 Å². The first-order chi connectivity index (χ1) is 13.5. The van der Waals surface area contributed by atoms with Crippen molar-refractivity contribution in [2.45, 2.75) is 39.2 Å². The average Bonchev–Trinajstić information content (AvgIpc) is 3.26. The molecule has 4 rings (SSSR count). The zero-order valence-electron chi connectivity index (χ0n) is 15.3. The second-order valence-electron chi connectivity index (χ2n) is 6.78. The molecule has 0 spiro atoms. The van der Waals surface area contributed by atoms with Crippen LogP contribution in [0.1, 0.15) is 41.2 Å². The van der Waals surface area contributed by atoms with Crippen LogP contribution in [0.15, 0.2) is 34.7 Å². The predicted octanol–water partition coefficient (Wildman–Crippen LogP) is 3.73. The number of anilines is 1. The molecule has 144 valence electrons. The third kappa shape index (κ3) is 3.38. The Kier molecular flexibility index (Phi) is 4.64. The standard InChI is InChI=1S/C19H19N5O4/c1-12-6-7-13(18-22-21-16-5-3-2-4-10-23(16)18)11-14(12)20-19(25)15-8-9-17(28-15)24(26)27/h6-9,11H,2-5,10H2,1H3,(H,20,25). The van der Waals surface area contributed by atoms with Gasteiger partial charge in [0.2, 0.25) is 0 Å². The van der Waals surface area contributed by atoms with E-state index in [1.807, 2.05) is 25.1 Å². The molecular formula is C19H19N5O4. The molecule has 0 unspecified atom stereocenters. The van der Waals surface area contributed by atoms with Crippen LogP contribution in [0.5, 0.6) is 0 Å². The number of hydrogen-bond acceptors (Lipinski definition) is 6. The maximum absolute atomic E-state index is 12.4. The minimum absolute atomic E-state index is 0.118. The van der Waals surface area contributed by atoms with Crippen molar-refractivity contribution in [1.29, 1.82) is 0 Å². The van der Waals surface area contributed by atoms with Crippen LogP contribution in [0.2, 0.25) is 0 Å². The van der Waals surface area contributed by atoms with E-state index in [1.165, 1.54) is 12.5 Å². The highest BCUT2D eigenvalue weighted by molar-refractivity contribution is 6.03. The fourth-order valence-electron chi connectivity index (χ4n) is 3.33. The Morgan fingerprint density at radius 1 is 1.21 bits per heavy atom. The molecule has 28 heavy (non-hydrogen) atoms. The molecule has 1 aliphatic rings. The molecule has 9 nitrogen and oxygen atoms in total. The van der Waals surface area contributed by atoms with Crippen LogP contribution in [-0.2, 0) is 13.0 Å². The summed E-state index contributed by atoms with van der Waals surface area (Å²) in [6, 6.07) is 8.13. The number of aromatic nitrogens is 3. The highest BCUT2D eigenvalue weighted by atomic mass is 16.6. The van der Waals surface area contributed by atoms with Gasteiger partial charge in [-0.3, -0.25) is 14.9 Å². The van der Waals surface area contributed by atoms with Gasteiger partial charge in [0, 0.05) is 24.2 Å². The second-order valence-corrected chi connectivity index (χ2v) is 6.78. The van der Waals surface area contributed by atoms with Gasteiger partial charge < -0.3 is 14.3 Å². The van der Waals surface area contributed by atoms with Gasteiger partial charge in [-0.15, -0.1) is 10.2 Å². The van der Waals surface area contributed by atoms with Crippen LogP contribution in [0.25, 0.3) is 11.4 Å². The normalized spacial score (nSPS) is 13.6. The lowest BCUT2D eigenvalue weighted by atomic mass is 10.1. The number of nitrogens with zero attached hydrogens (tertiary/aromatic N) is 4. The van der Waals surface area contributed by atoms with Crippen LogP contribution in [0.3, 0.4) is 0 Å². The maximum Gasteiger partial charge on any atom is 0.433 e. The molecule has 0 atom stereocenters. The molecular weight excluding hydrogens is 362 g/mol. The second kappa shape index (κ2) is 7.26. The summed E-state index contributed by atoms with van der Waals surface area (Å²) in [5.74, 6) is 0.630. The Hall–Kier alpha value is -3.49. The SMILES string of the molecule is Cc1ccc(-c2nnc3n2CCCCC3)cc1NC(=O)c1ccc([N+](=O)[O-])o1. The van der Waals surface area contributed by atoms with E-state index < -0.39 is 16.7 Å². The van der Waals surface area contributed by atoms with Crippen LogP contribution in [0.4, 0.5) is 11.6 Å². The first-order valence-corrected chi connectivity index (χ1v) is 9.11. The largest absolute Gasteiger partial charge is 0.433 e. The Morgan fingerprint density at radius 3 is 2.86 bits per heavy atom. The molecule has 1 amide bonds. The lowest BCUT2D eigenvalue weighted by Gasteiger charge is -2.11. The highest BCUT2D eigenvalue weighted by Gasteiger charge is 2.20. The molecule has 0 radical (unpaired) electrons. The summed E-state index contributed by atoms with van der Waals surface area (Å²) in [4.78, 5) is 22.5. The van der Waals surface area contributed by atoms with Crippen molar-refractivity contribution in [3.8, 4) is 11.4 Å². The van der Waals surface area contributed by atoms with Crippen LogP contribution in [0, 0.1) is 17.0 Å². The van der Waals surface area contributed by atoms with Gasteiger partial charge in [0.1, 0.15) is 10.7 Å². The van der Waals surface area contributed by atoms with E-state index in [2.05, 4.69) is 20.1 Å². The molecule has 1 aliphatic heterocycles. The average molecular weight is 381 g/mol. The van der Waals surface area contributed by atoms with E-state index in [9.17, 15) is 14.9 Å². The van der Waals surface area contributed by atoms with Crippen molar-refractivity contribution in [1.82, 2.24) is 14.8 Å². The minimum Gasteiger partial charge on any atom is -0.395 e. The molecule has 0 saturated heterocycles. The van der Waals surface area contributed by atoms with Crippen molar-refractivity contribution in [2.24, 2.45) is 0 Å². The molecule has 0 fully saturated rings. The Labute approximate surface area is 160 Å². The smallest absolute Gasteiger partial charge is 0.395 e. The molecule has 0 bridgehead atoms. The van der Waals surface area contributed by atoms with Crippen molar-refractivity contribution in [3.63, 3.8) is 0 Å². The first kappa shape index (κ1) is 17.9. The van der Waals surface area contributed by atoms with Crippen molar-refractivity contribution < 1.29 is 14.1 Å². The molecule has 1 aromatic carbocycles. The molecule has 0 saturated carbocycles. The number of hydrogen-bond donors (Lipinski definition) is 1. The van der Waals surface area contributed by atoms with E-state index in [-0.39, 0.29) is 5.76 Å². The Morgan fingerprint density at radius 2 is 2.07 bits per heavy atom. The number of rotatable bonds is 4. The highest BCUT2D eigenvalue weighted by Crippen LogP contribution is 2.27. The van der Waals surface area contributed by atoms with Gasteiger partial charge in [-0.05, 0) is 37.5 Å². The molecule has 0 aliphatic carbocycles. The summed E-state index contributed by atoms with van der Waals surface area (Å²) in [6.45, 7) is 2.75. The summed E-state index contributed by atoms with van der Waals surface area (Å²) in [7, 11) is 0. The van der Waals surface area contributed by atoms with Crippen LogP contribution in [-0.4, -0.2) is 25.6 Å². The van der Waals surface area contributed by atoms with E-state index in [4.69, 9.17) is 4.42 Å². The number of furan rings is 1. The fourth-order valence-corrected chi connectivity index (χ4v) is 3.33. The van der Waals surface area contributed by atoms with Crippen molar-refractivity contribution in [2.75, 3.05) is 5.32 Å². The predicted molar refractivity (Wildman–Crippen MR) is 101 cm³/mol. The quantitative estimate of drug-likeness (QED) is 0.544. The lowest BCUT2D eigenvalue weighted by molar-refractivity contribution is -0.402. The number of carbonyl (C=O) groups excluding carboxylic acids is 1. The van der Waals surface area contributed by atoms with E-state index >= 15 is 0 Å². The lowest BCUT2D eigenvalue weighted by Crippen LogP contribution is -2.12. The molecule has 3 aromatic rings. The number of nitro groups is 1. The number of carbonyl (C=O) groups is 1. The summed E-state index contributed by atoms with van der Waals surface area (Å²) in [5, 5.41) is 22.2. The number of aryl methyl sites for hydroxylation is 2. The van der Waals surface area contributed by atoms with Gasteiger partial charge in [-0.2, -0.15) is 0 Å². The molecule has 9 heteroatoms. The number of amides is 1. The third-order valence-electron chi connectivity index (χ3n) is 4.85. The first-order valence-electron chi connectivity index (χ1n) is 9.11. The zero-order valence-corrected chi connectivity index (χ0v) is 15.3. The van der Waals surface area contributed by atoms with Crippen LogP contribution < -0.4 is 5.32 Å². The van der Waals surface area contributed by atoms with Gasteiger partial charge in [-0.1, -0.05) is 18.6 Å². The maximum atomic E-state index is 12.4. The van der Waals surface area contributed by atoms with Gasteiger partial charge >= 0.3 is 5.88 Å². The fraction of sp³-hybridized carbons (Fsp3) is 0.316. The van der Waals surface area contributed by atoms with Gasteiger partial charge in [0.15, 0.2) is 11.6 Å². The zero-order chi connectivity index (χ0) is 19.7. The molecule has 1 N–H and O–H groups in total. The number of fused-ring (bicyclic) bond motifs is 1. The van der Waals surface area contributed by atoms with E-state index in [1.54, 1.807) is 0 Å². The summed E-state index contributed by atoms with van der Waals surface area (Å²) >= 11 is 0. The minimum atomic E-state index is -0.681. The van der Waals surface area contributed by atoms with E-state index in [0.717, 1.165) is 54.6 Å². The van der Waals surface area contributed by atoms with E-state index in [0.29, 0.717) is 5.69 Å². The number of nitrogens with one attached hydrogen (secondary N) is 1. The number of benzene rings is 1. The van der Waals surface area contributed by atoms with Gasteiger partial charge in [0.05, 0.1) is 6.07 Å². The van der Waals surface area contributed by atoms with Crippen molar-refractivity contribution in [3.05, 3.63) is 57.6 Å². The third-order valence-corrected chi connectivity index (χ3v) is 4.85. The summed E-state index contributed by atoms with van der Waals surface area (Å²) < 4.78 is 7.11. The molecule has 2 aromatic heterocycles. The monoisotopic (exact) mass is 381 g/mol. The van der Waals surface area contributed by atoms with Gasteiger partial charge in [-0.25, -0.2) is 0 Å². The Balaban J connectivity index is 1.62. The molecule has 3 heterocycles.